The Morgan fingerprint density at radius 2 is 1.62 bits per heavy atom. The van der Waals surface area contributed by atoms with Gasteiger partial charge in [0.15, 0.2) is 17.2 Å². The van der Waals surface area contributed by atoms with E-state index >= 15 is 0 Å². The molecule has 26 heavy (non-hydrogen) atoms. The molecule has 2 rings (SSSR count). The summed E-state index contributed by atoms with van der Waals surface area (Å²) in [6, 6.07) is 12.0. The molecule has 0 heterocycles. The zero-order valence-corrected chi connectivity index (χ0v) is 15.1. The lowest BCUT2D eigenvalue weighted by Crippen LogP contribution is -2.06. The molecule has 2 aromatic carbocycles. The van der Waals surface area contributed by atoms with Crippen molar-refractivity contribution in [3.05, 3.63) is 48.0 Å². The molecule has 8 nitrogen and oxygen atoms in total. The van der Waals surface area contributed by atoms with Crippen molar-refractivity contribution in [2.24, 2.45) is 5.16 Å². The molecule has 0 fully saturated rings. The number of rotatable bonds is 7. The predicted molar refractivity (Wildman–Crippen MR) is 93.0 cm³/mol. The summed E-state index contributed by atoms with van der Waals surface area (Å²) >= 11 is 0. The first kappa shape index (κ1) is 19.1. The van der Waals surface area contributed by atoms with Crippen molar-refractivity contribution >= 4 is 15.8 Å². The first-order chi connectivity index (χ1) is 12.4. The van der Waals surface area contributed by atoms with E-state index in [4.69, 9.17) is 14.2 Å². The number of ether oxygens (including phenoxy) is 3. The van der Waals surface area contributed by atoms with Crippen molar-refractivity contribution in [2.45, 2.75) is 4.90 Å². The van der Waals surface area contributed by atoms with Crippen LogP contribution in [0.1, 0.15) is 5.56 Å². The highest BCUT2D eigenvalue weighted by atomic mass is 32.2. The highest BCUT2D eigenvalue weighted by molar-refractivity contribution is 7.86. The van der Waals surface area contributed by atoms with E-state index in [0.29, 0.717) is 22.8 Å². The molecule has 2 aromatic rings. The average Bonchev–Trinajstić information content (AvgIpc) is 2.68. The van der Waals surface area contributed by atoms with Crippen LogP contribution in [0.3, 0.4) is 0 Å². The van der Waals surface area contributed by atoms with E-state index in [1.165, 1.54) is 57.7 Å². The summed E-state index contributed by atoms with van der Waals surface area (Å²) in [7, 11) is 0.201. The molecule has 0 unspecified atom stereocenters. The number of oxime groups is 1. The maximum Gasteiger partial charge on any atom is 0.358 e. The van der Waals surface area contributed by atoms with Crippen LogP contribution in [0, 0.1) is 11.3 Å². The van der Waals surface area contributed by atoms with Crippen LogP contribution in [0.2, 0.25) is 0 Å². The smallest absolute Gasteiger partial charge is 0.358 e. The van der Waals surface area contributed by atoms with E-state index < -0.39 is 10.1 Å². The normalized spacial score (nSPS) is 11.4. The molecular weight excluding hydrogens is 360 g/mol. The van der Waals surface area contributed by atoms with Crippen LogP contribution in [-0.2, 0) is 14.4 Å². The Morgan fingerprint density at radius 3 is 2.15 bits per heavy atom. The van der Waals surface area contributed by atoms with Crippen LogP contribution in [0.4, 0.5) is 0 Å². The second-order valence-corrected chi connectivity index (χ2v) is 6.35. The fourth-order valence-electron chi connectivity index (χ4n) is 1.99. The third-order valence-electron chi connectivity index (χ3n) is 3.34. The number of hydrogen-bond donors (Lipinski definition) is 0. The molecule has 0 radical (unpaired) electrons. The summed E-state index contributed by atoms with van der Waals surface area (Å²) in [5, 5.41) is 12.7. The fourth-order valence-corrected chi connectivity index (χ4v) is 2.72. The van der Waals surface area contributed by atoms with Gasteiger partial charge in [0.05, 0.1) is 21.3 Å². The molecule has 136 valence electrons. The Hall–Kier alpha value is -3.25. The van der Waals surface area contributed by atoms with Crippen molar-refractivity contribution in [2.75, 3.05) is 21.3 Å². The fraction of sp³-hybridized carbons (Fsp3) is 0.176. The summed E-state index contributed by atoms with van der Waals surface area (Å²) in [6.07, 6.45) is 0. The summed E-state index contributed by atoms with van der Waals surface area (Å²) in [6.45, 7) is 0. The van der Waals surface area contributed by atoms with Gasteiger partial charge in [0.2, 0.25) is 0 Å². The van der Waals surface area contributed by atoms with Crippen molar-refractivity contribution in [1.29, 1.82) is 5.26 Å². The van der Waals surface area contributed by atoms with Gasteiger partial charge in [0, 0.05) is 5.56 Å². The van der Waals surface area contributed by atoms with Crippen LogP contribution < -0.4 is 14.2 Å². The molecule has 0 saturated carbocycles. The van der Waals surface area contributed by atoms with E-state index in [-0.39, 0.29) is 10.6 Å². The van der Waals surface area contributed by atoms with Gasteiger partial charge in [-0.15, -0.1) is 0 Å². The highest BCUT2D eigenvalue weighted by Gasteiger charge is 2.17. The number of nitrogens with zero attached hydrogens (tertiary/aromatic N) is 2. The van der Waals surface area contributed by atoms with Gasteiger partial charge in [0.1, 0.15) is 16.7 Å². The van der Waals surface area contributed by atoms with Crippen LogP contribution in [0.25, 0.3) is 0 Å². The quantitative estimate of drug-likeness (QED) is 0.539. The molecule has 0 atom stereocenters. The number of methoxy groups -OCH3 is 3. The lowest BCUT2D eigenvalue weighted by atomic mass is 10.1. The Bertz CT molecular complexity index is 946. The molecule has 0 bridgehead atoms. The van der Waals surface area contributed by atoms with E-state index in [1.807, 2.05) is 0 Å². The Balaban J connectivity index is 2.30. The van der Waals surface area contributed by atoms with Crippen molar-refractivity contribution in [1.82, 2.24) is 0 Å². The highest BCUT2D eigenvalue weighted by Crippen LogP contribution is 2.28. The zero-order chi connectivity index (χ0) is 19.2. The summed E-state index contributed by atoms with van der Waals surface area (Å²) in [5.74, 6) is 1.32. The second-order valence-electron chi connectivity index (χ2n) is 4.83. The number of nitriles is 1. The molecule has 0 aliphatic carbocycles. The van der Waals surface area contributed by atoms with Gasteiger partial charge in [-0.1, -0.05) is 5.16 Å². The maximum absolute atomic E-state index is 12.2. The number of benzene rings is 2. The molecule has 0 aliphatic heterocycles. The van der Waals surface area contributed by atoms with E-state index in [9.17, 15) is 13.7 Å². The number of hydrogen-bond acceptors (Lipinski definition) is 8. The van der Waals surface area contributed by atoms with Crippen molar-refractivity contribution in [3.63, 3.8) is 0 Å². The largest absolute Gasteiger partial charge is 0.497 e. The van der Waals surface area contributed by atoms with E-state index in [2.05, 4.69) is 9.44 Å². The average molecular weight is 376 g/mol. The van der Waals surface area contributed by atoms with Gasteiger partial charge >= 0.3 is 10.1 Å². The Labute approximate surface area is 151 Å². The summed E-state index contributed by atoms with van der Waals surface area (Å²) < 4.78 is 44.2. The Morgan fingerprint density at radius 1 is 0.962 bits per heavy atom. The molecular formula is C17H16N2O6S. The molecule has 0 amide bonds. The minimum Gasteiger partial charge on any atom is -0.497 e. The van der Waals surface area contributed by atoms with Gasteiger partial charge < -0.3 is 14.2 Å². The molecule has 0 N–H and O–H groups in total. The van der Waals surface area contributed by atoms with Gasteiger partial charge in [0.25, 0.3) is 0 Å². The lowest BCUT2D eigenvalue weighted by molar-refractivity contribution is 0.339. The van der Waals surface area contributed by atoms with Gasteiger partial charge in [-0.2, -0.15) is 13.7 Å². The first-order valence-electron chi connectivity index (χ1n) is 7.23. The second kappa shape index (κ2) is 8.22. The molecule has 9 heteroatoms. The molecule has 0 saturated heterocycles. The van der Waals surface area contributed by atoms with Crippen molar-refractivity contribution < 1.29 is 26.9 Å². The van der Waals surface area contributed by atoms with Crippen LogP contribution in [0.15, 0.2) is 52.5 Å². The van der Waals surface area contributed by atoms with Gasteiger partial charge in [-0.05, 0) is 42.5 Å². The van der Waals surface area contributed by atoms with Crippen molar-refractivity contribution in [3.8, 4) is 23.3 Å². The molecule has 0 spiro atoms. The SMILES string of the molecule is COc1ccc(S(=O)(=O)ON=C(C#N)c2ccc(OC)c(OC)c2)cc1. The topological polar surface area (TPSA) is 107 Å². The standard InChI is InChI=1S/C17H16N2O6S/c1-22-13-5-7-14(8-6-13)26(20,21)25-19-15(11-18)12-4-9-16(23-2)17(10-12)24-3/h4-10H,1-3H3. The minimum atomic E-state index is -4.18. The van der Waals surface area contributed by atoms with E-state index in [0.717, 1.165) is 0 Å². The third-order valence-corrected chi connectivity index (χ3v) is 4.46. The molecule has 0 aliphatic rings. The summed E-state index contributed by atoms with van der Waals surface area (Å²) in [5.41, 5.74) is 0.0816. The van der Waals surface area contributed by atoms with Crippen LogP contribution >= 0.6 is 0 Å². The maximum atomic E-state index is 12.2. The lowest BCUT2D eigenvalue weighted by Gasteiger charge is -2.08. The Kier molecular flexibility index (Phi) is 6.03. The van der Waals surface area contributed by atoms with Gasteiger partial charge in [-0.3, -0.25) is 4.28 Å². The minimum absolute atomic E-state index is 0.119. The monoisotopic (exact) mass is 376 g/mol. The molecule has 0 aromatic heterocycles. The van der Waals surface area contributed by atoms with E-state index in [1.54, 1.807) is 12.1 Å². The third kappa shape index (κ3) is 4.23. The zero-order valence-electron chi connectivity index (χ0n) is 14.3. The summed E-state index contributed by atoms with van der Waals surface area (Å²) in [4.78, 5) is -0.119. The first-order valence-corrected chi connectivity index (χ1v) is 8.64. The van der Waals surface area contributed by atoms with Gasteiger partial charge in [-0.25, -0.2) is 0 Å². The van der Waals surface area contributed by atoms with Crippen LogP contribution in [-0.4, -0.2) is 35.5 Å². The predicted octanol–water partition coefficient (Wildman–Crippen LogP) is 2.35. The van der Waals surface area contributed by atoms with Crippen LogP contribution in [0.5, 0.6) is 17.2 Å².